The lowest BCUT2D eigenvalue weighted by atomic mass is 10.1. The fourth-order valence-corrected chi connectivity index (χ4v) is 2.17. The molecule has 0 aliphatic carbocycles. The van der Waals surface area contributed by atoms with Gasteiger partial charge in [-0.2, -0.15) is 0 Å². The second-order valence-electron chi connectivity index (χ2n) is 4.26. The number of hydrogen-bond acceptors (Lipinski definition) is 2. The quantitative estimate of drug-likeness (QED) is 0.597. The summed E-state index contributed by atoms with van der Waals surface area (Å²) in [5.41, 5.74) is 2.83. The topological polar surface area (TPSA) is 45.8 Å². The van der Waals surface area contributed by atoms with E-state index in [0.29, 0.717) is 5.39 Å². The molecule has 0 saturated heterocycles. The van der Waals surface area contributed by atoms with Gasteiger partial charge in [-0.3, -0.25) is 9.78 Å². The molecule has 0 spiro atoms. The average Bonchev–Trinajstić information content (AvgIpc) is 2.35. The minimum Gasteiger partial charge on any atom is -0.321 e. The lowest BCUT2D eigenvalue weighted by Crippen LogP contribution is -2.07. The first-order chi connectivity index (χ1) is 8.18. The number of aromatic amines is 1. The van der Waals surface area contributed by atoms with Crippen molar-refractivity contribution in [1.29, 1.82) is 0 Å². The predicted octanol–water partition coefficient (Wildman–Crippen LogP) is 2.69. The fourth-order valence-electron chi connectivity index (χ4n) is 2.17. The fraction of sp³-hybridized carbons (Fsp3) is 0.143. The Morgan fingerprint density at radius 2 is 1.76 bits per heavy atom. The number of aromatic nitrogens is 2. The first kappa shape index (κ1) is 10.0. The van der Waals surface area contributed by atoms with Crippen LogP contribution in [-0.2, 0) is 0 Å². The molecule has 3 aromatic rings. The maximum Gasteiger partial charge on any atom is 0.256 e. The van der Waals surface area contributed by atoms with Crippen LogP contribution in [0.5, 0.6) is 0 Å². The third-order valence-corrected chi connectivity index (χ3v) is 3.27. The molecule has 0 atom stereocenters. The third-order valence-electron chi connectivity index (χ3n) is 3.27. The number of benzene rings is 1. The molecule has 3 nitrogen and oxygen atoms in total. The minimum atomic E-state index is -0.0400. The van der Waals surface area contributed by atoms with E-state index in [0.717, 1.165) is 27.5 Å². The van der Waals surface area contributed by atoms with Crippen molar-refractivity contribution in [2.24, 2.45) is 0 Å². The molecule has 2 aromatic heterocycles. The summed E-state index contributed by atoms with van der Waals surface area (Å²) < 4.78 is 0. The number of fused-ring (bicyclic) bond motifs is 3. The number of pyridine rings is 2. The number of aryl methyl sites for hydroxylation is 2. The van der Waals surface area contributed by atoms with Crippen molar-refractivity contribution >= 4 is 21.7 Å². The zero-order chi connectivity index (χ0) is 12.0. The summed E-state index contributed by atoms with van der Waals surface area (Å²) in [4.78, 5) is 19.3. The molecule has 0 unspecified atom stereocenters. The van der Waals surface area contributed by atoms with Gasteiger partial charge in [-0.25, -0.2) is 0 Å². The molecule has 0 bridgehead atoms. The van der Waals surface area contributed by atoms with Crippen LogP contribution in [-0.4, -0.2) is 9.97 Å². The highest BCUT2D eigenvalue weighted by molar-refractivity contribution is 6.05. The largest absolute Gasteiger partial charge is 0.321 e. The summed E-state index contributed by atoms with van der Waals surface area (Å²) in [6.07, 6.45) is 1.83. The summed E-state index contributed by atoms with van der Waals surface area (Å²) in [7, 11) is 0. The van der Waals surface area contributed by atoms with Gasteiger partial charge in [-0.15, -0.1) is 0 Å². The number of H-pyrrole nitrogens is 1. The Hall–Kier alpha value is -2.16. The van der Waals surface area contributed by atoms with E-state index in [4.69, 9.17) is 0 Å². The maximum atomic E-state index is 12.0. The molecule has 3 rings (SSSR count). The predicted molar refractivity (Wildman–Crippen MR) is 69.3 cm³/mol. The molecule has 0 aliphatic rings. The van der Waals surface area contributed by atoms with Gasteiger partial charge in [0.2, 0.25) is 0 Å². The van der Waals surface area contributed by atoms with Gasteiger partial charge in [-0.1, -0.05) is 18.2 Å². The van der Waals surface area contributed by atoms with E-state index < -0.39 is 0 Å². The Morgan fingerprint density at radius 1 is 1.06 bits per heavy atom. The van der Waals surface area contributed by atoms with Crippen molar-refractivity contribution < 1.29 is 0 Å². The van der Waals surface area contributed by atoms with Crippen LogP contribution in [0.1, 0.15) is 11.3 Å². The van der Waals surface area contributed by atoms with Gasteiger partial charge in [0.05, 0.1) is 5.52 Å². The van der Waals surface area contributed by atoms with Crippen LogP contribution in [0.3, 0.4) is 0 Å². The summed E-state index contributed by atoms with van der Waals surface area (Å²) in [6.45, 7) is 3.93. The van der Waals surface area contributed by atoms with Crippen molar-refractivity contribution in [3.05, 3.63) is 52.1 Å². The van der Waals surface area contributed by atoms with E-state index in [1.54, 1.807) is 0 Å². The van der Waals surface area contributed by atoms with Crippen LogP contribution in [0.2, 0.25) is 0 Å². The van der Waals surface area contributed by atoms with Crippen LogP contribution in [0.4, 0.5) is 0 Å². The van der Waals surface area contributed by atoms with Crippen LogP contribution in [0.25, 0.3) is 21.7 Å². The van der Waals surface area contributed by atoms with Gasteiger partial charge in [-0.05, 0) is 30.9 Å². The second kappa shape index (κ2) is 3.42. The van der Waals surface area contributed by atoms with E-state index in [1.807, 2.05) is 44.3 Å². The van der Waals surface area contributed by atoms with Crippen LogP contribution in [0.15, 0.2) is 35.3 Å². The van der Waals surface area contributed by atoms with E-state index >= 15 is 0 Å². The molecule has 17 heavy (non-hydrogen) atoms. The first-order valence-corrected chi connectivity index (χ1v) is 5.55. The third kappa shape index (κ3) is 1.35. The Morgan fingerprint density at radius 3 is 2.53 bits per heavy atom. The van der Waals surface area contributed by atoms with Gasteiger partial charge in [0.1, 0.15) is 0 Å². The highest BCUT2D eigenvalue weighted by Gasteiger charge is 2.07. The molecule has 0 saturated carbocycles. The summed E-state index contributed by atoms with van der Waals surface area (Å²) >= 11 is 0. The SMILES string of the molecule is Cc1ncc2c([nH]c(=O)c3ccccc32)c1C. The number of rotatable bonds is 0. The Labute approximate surface area is 98.1 Å². The Bertz CT molecular complexity index is 787. The molecule has 1 N–H and O–H groups in total. The average molecular weight is 224 g/mol. The molecule has 84 valence electrons. The monoisotopic (exact) mass is 224 g/mol. The molecule has 1 aromatic carbocycles. The first-order valence-electron chi connectivity index (χ1n) is 5.55. The molecular weight excluding hydrogens is 212 g/mol. The highest BCUT2D eigenvalue weighted by atomic mass is 16.1. The van der Waals surface area contributed by atoms with E-state index in [2.05, 4.69) is 9.97 Å². The summed E-state index contributed by atoms with van der Waals surface area (Å²) in [5.74, 6) is 0. The zero-order valence-electron chi connectivity index (χ0n) is 9.74. The molecule has 0 amide bonds. The lowest BCUT2D eigenvalue weighted by Gasteiger charge is -2.07. The van der Waals surface area contributed by atoms with E-state index in [1.165, 1.54) is 0 Å². The van der Waals surface area contributed by atoms with Crippen molar-refractivity contribution in [3.8, 4) is 0 Å². The smallest absolute Gasteiger partial charge is 0.256 e. The zero-order valence-corrected chi connectivity index (χ0v) is 9.74. The summed E-state index contributed by atoms with van der Waals surface area (Å²) in [6, 6.07) is 7.61. The van der Waals surface area contributed by atoms with Gasteiger partial charge >= 0.3 is 0 Å². The van der Waals surface area contributed by atoms with Gasteiger partial charge in [0.25, 0.3) is 5.56 Å². The molecule has 2 heterocycles. The standard InChI is InChI=1S/C14H12N2O/c1-8-9(2)15-7-12-10-5-3-4-6-11(10)14(17)16-13(8)12/h3-7H,1-2H3,(H,16,17). The van der Waals surface area contributed by atoms with Crippen molar-refractivity contribution in [2.75, 3.05) is 0 Å². The van der Waals surface area contributed by atoms with Gasteiger partial charge < -0.3 is 4.98 Å². The van der Waals surface area contributed by atoms with Gasteiger partial charge in [0.15, 0.2) is 0 Å². The number of hydrogen-bond donors (Lipinski definition) is 1. The van der Waals surface area contributed by atoms with Crippen molar-refractivity contribution in [1.82, 2.24) is 9.97 Å². The normalized spacial score (nSPS) is 11.2. The summed E-state index contributed by atoms with van der Waals surface area (Å²) in [5, 5.41) is 2.68. The minimum absolute atomic E-state index is 0.0400. The van der Waals surface area contributed by atoms with Crippen molar-refractivity contribution in [2.45, 2.75) is 13.8 Å². The van der Waals surface area contributed by atoms with E-state index in [9.17, 15) is 4.79 Å². The number of nitrogens with zero attached hydrogens (tertiary/aromatic N) is 1. The molecule has 0 radical (unpaired) electrons. The second-order valence-corrected chi connectivity index (χ2v) is 4.26. The Kier molecular flexibility index (Phi) is 2.01. The van der Waals surface area contributed by atoms with Crippen LogP contribution in [0, 0.1) is 13.8 Å². The maximum absolute atomic E-state index is 12.0. The van der Waals surface area contributed by atoms with Crippen molar-refractivity contribution in [3.63, 3.8) is 0 Å². The van der Waals surface area contributed by atoms with Gasteiger partial charge in [0, 0.05) is 22.7 Å². The Balaban J connectivity index is 2.67. The molecule has 0 fully saturated rings. The van der Waals surface area contributed by atoms with Crippen LogP contribution >= 0.6 is 0 Å². The van der Waals surface area contributed by atoms with Crippen LogP contribution < -0.4 is 5.56 Å². The lowest BCUT2D eigenvalue weighted by molar-refractivity contribution is 1.16. The molecule has 3 heteroatoms. The highest BCUT2D eigenvalue weighted by Crippen LogP contribution is 2.23. The molecular formula is C14H12N2O. The molecule has 0 aliphatic heterocycles. The van der Waals surface area contributed by atoms with E-state index in [-0.39, 0.29) is 5.56 Å². The number of nitrogens with one attached hydrogen (secondary N) is 1.